The number of esters is 6. The molecule has 2 unspecified atom stereocenters. The molecule has 1 amide bonds. The van der Waals surface area contributed by atoms with E-state index in [9.17, 15) is 48.9 Å². The maximum Gasteiger partial charge on any atom is 0.408 e. The number of ketones is 1. The summed E-state index contributed by atoms with van der Waals surface area (Å²) in [6, 6.07) is 4.98. The molecule has 12 atom stereocenters. The van der Waals surface area contributed by atoms with Gasteiger partial charge in [-0.15, -0.1) is 0 Å². The number of carbonyl (C=O) groups excluding carboxylic acids is 8. The van der Waals surface area contributed by atoms with E-state index in [1.54, 1.807) is 45.9 Å². The molecule has 4 aliphatic carbocycles. The highest BCUT2D eigenvalue weighted by Gasteiger charge is 2.78. The zero-order valence-electron chi connectivity index (χ0n) is 40.3. The van der Waals surface area contributed by atoms with E-state index < -0.39 is 155 Å². The van der Waals surface area contributed by atoms with Gasteiger partial charge in [0.05, 0.1) is 48.7 Å². The Morgan fingerprint density at radius 3 is 2.17 bits per heavy atom. The third-order valence-electron chi connectivity index (χ3n) is 14.1. The van der Waals surface area contributed by atoms with E-state index in [4.69, 9.17) is 43.6 Å². The summed E-state index contributed by atoms with van der Waals surface area (Å²) in [5, 5.41) is 40.5. The average Bonchev–Trinajstić information content (AvgIpc) is 4.11. The van der Waals surface area contributed by atoms with E-state index in [-0.39, 0.29) is 36.3 Å². The molecule has 6 rings (SSSR count). The fourth-order valence-corrected chi connectivity index (χ4v) is 10.5. The van der Waals surface area contributed by atoms with Gasteiger partial charge in [0.2, 0.25) is 6.10 Å². The standard InChI is InChI=1S/C48H64N2O19/c1-10-62-41(58)27(49)18-31(53)63-21-32(54)66-36(34(25-16-17-25)50-43(60)69-44(4,5)6)42(59)65-28-20-48(61)39(67-40(57)26-14-12-11-13-15-26)37-46(9,38(56)35(55)33(23(28)2)45(48,7)8)29(52)19-30-47(37,22-64-30)68-24(3)51/h11-15,25,27-30,34-37,39,52,55,61H,10,16-22,49H2,1-9H3,(H,50,60)/t27?,28-,29-,30+,34?,35+,36+,37-,39-,46+,47-,48+/m0/s1. The Balaban J connectivity index is 1.43. The number of hydrogen-bond acceptors (Lipinski definition) is 20. The van der Waals surface area contributed by atoms with Crippen LogP contribution in [-0.2, 0) is 66.7 Å². The van der Waals surface area contributed by atoms with Crippen molar-refractivity contribution in [1.82, 2.24) is 5.32 Å². The second-order valence-corrected chi connectivity index (χ2v) is 20.2. The Morgan fingerprint density at radius 2 is 1.61 bits per heavy atom. The molecule has 380 valence electrons. The van der Waals surface area contributed by atoms with E-state index in [1.165, 1.54) is 39.8 Å². The van der Waals surface area contributed by atoms with Gasteiger partial charge in [-0.2, -0.15) is 0 Å². The second-order valence-electron chi connectivity index (χ2n) is 20.2. The molecular weight excluding hydrogens is 909 g/mol. The van der Waals surface area contributed by atoms with Crippen molar-refractivity contribution in [2.24, 2.45) is 28.4 Å². The Bertz CT molecular complexity index is 2240. The molecule has 1 heterocycles. The van der Waals surface area contributed by atoms with E-state index in [1.807, 2.05) is 0 Å². The number of nitrogens with one attached hydrogen (secondary N) is 1. The number of rotatable bonds is 15. The monoisotopic (exact) mass is 972 g/mol. The summed E-state index contributed by atoms with van der Waals surface area (Å²) in [6.07, 6.45) is -11.9. The zero-order chi connectivity index (χ0) is 51.2. The average molecular weight is 973 g/mol. The van der Waals surface area contributed by atoms with Gasteiger partial charge >= 0.3 is 41.9 Å². The van der Waals surface area contributed by atoms with Gasteiger partial charge in [0.1, 0.15) is 41.7 Å². The smallest absolute Gasteiger partial charge is 0.408 e. The number of nitrogens with two attached hydrogens (primary N) is 1. The van der Waals surface area contributed by atoms with E-state index in [2.05, 4.69) is 5.32 Å². The van der Waals surface area contributed by atoms with Crippen LogP contribution < -0.4 is 11.1 Å². The van der Waals surface area contributed by atoms with Gasteiger partial charge in [0.15, 0.2) is 18.0 Å². The molecular formula is C48H64N2O19. The number of alkyl carbamates (subject to hydrolysis) is 1. The van der Waals surface area contributed by atoms with Crippen molar-refractivity contribution in [2.75, 3.05) is 19.8 Å². The molecule has 21 heteroatoms. The van der Waals surface area contributed by atoms with Crippen LogP contribution in [0.1, 0.15) is 105 Å². The summed E-state index contributed by atoms with van der Waals surface area (Å²) >= 11 is 0. The number of benzene rings is 1. The van der Waals surface area contributed by atoms with Crippen molar-refractivity contribution < 1.29 is 91.6 Å². The summed E-state index contributed by atoms with van der Waals surface area (Å²) in [5.74, 6) is -9.39. The number of hydrogen-bond donors (Lipinski definition) is 5. The topological polar surface area (TPSA) is 309 Å². The summed E-state index contributed by atoms with van der Waals surface area (Å²) in [4.78, 5) is 108. The zero-order valence-corrected chi connectivity index (χ0v) is 40.3. The van der Waals surface area contributed by atoms with Crippen LogP contribution in [0.5, 0.6) is 0 Å². The molecule has 1 aromatic carbocycles. The second kappa shape index (κ2) is 19.7. The van der Waals surface area contributed by atoms with Gasteiger partial charge in [-0.25, -0.2) is 19.2 Å². The Morgan fingerprint density at radius 1 is 0.957 bits per heavy atom. The lowest BCUT2D eigenvalue weighted by Gasteiger charge is -2.67. The minimum absolute atomic E-state index is 0.00284. The van der Waals surface area contributed by atoms with Gasteiger partial charge in [-0.3, -0.25) is 19.2 Å². The van der Waals surface area contributed by atoms with Crippen molar-refractivity contribution in [3.05, 3.63) is 47.0 Å². The number of ether oxygens (including phenoxy) is 8. The molecule has 21 nitrogen and oxygen atoms in total. The molecule has 0 aromatic heterocycles. The molecule has 1 aliphatic heterocycles. The molecule has 0 spiro atoms. The highest BCUT2D eigenvalue weighted by atomic mass is 16.6. The van der Waals surface area contributed by atoms with Crippen LogP contribution in [0.25, 0.3) is 0 Å². The molecule has 1 aromatic rings. The predicted molar refractivity (Wildman–Crippen MR) is 235 cm³/mol. The van der Waals surface area contributed by atoms with E-state index in [0.717, 1.165) is 6.92 Å². The first kappa shape index (κ1) is 52.9. The van der Waals surface area contributed by atoms with Gasteiger partial charge in [0, 0.05) is 25.2 Å². The highest BCUT2D eigenvalue weighted by molar-refractivity contribution is 5.94. The molecule has 3 saturated carbocycles. The van der Waals surface area contributed by atoms with Crippen LogP contribution >= 0.6 is 0 Å². The summed E-state index contributed by atoms with van der Waals surface area (Å²) < 4.78 is 45.3. The number of fused-ring (bicyclic) bond motifs is 5. The molecule has 0 radical (unpaired) electrons. The van der Waals surface area contributed by atoms with E-state index in [0.29, 0.717) is 12.8 Å². The molecule has 4 fully saturated rings. The largest absolute Gasteiger partial charge is 0.465 e. The SMILES string of the molecule is CCOC(=O)C(N)CC(=O)OCC(=O)O[C@@H](C(=O)O[C@H]1C[C@@]2(O)[C@@H](OC(=O)c3ccccc3)[C@@H]3[C@]4(OC(C)=O)CO[C@@H]4C[C@H](O)[C@@]3(C)C(=O)[C@H](O)C(=C1C)C2(C)C)C(NC(=O)OC(C)(C)C)C1CC1. The predicted octanol–water partition coefficient (Wildman–Crippen LogP) is 1.67. The van der Waals surface area contributed by atoms with Crippen LogP contribution in [-0.4, -0.2) is 148 Å². The van der Waals surface area contributed by atoms with Crippen LogP contribution in [0.3, 0.4) is 0 Å². The Kier molecular flexibility index (Phi) is 15.1. The van der Waals surface area contributed by atoms with Crippen LogP contribution in [0.15, 0.2) is 41.5 Å². The first-order chi connectivity index (χ1) is 32.1. The lowest BCUT2D eigenvalue weighted by atomic mass is 9.44. The van der Waals surface area contributed by atoms with Crippen LogP contribution in [0.2, 0.25) is 0 Å². The third-order valence-corrected chi connectivity index (χ3v) is 14.1. The van der Waals surface area contributed by atoms with Crippen LogP contribution in [0.4, 0.5) is 4.79 Å². The number of carbonyl (C=O) groups is 8. The lowest BCUT2D eigenvalue weighted by molar-refractivity contribution is -0.346. The number of aliphatic hydroxyl groups excluding tert-OH is 2. The number of aliphatic hydroxyl groups is 3. The van der Waals surface area contributed by atoms with Crippen molar-refractivity contribution in [1.29, 1.82) is 0 Å². The summed E-state index contributed by atoms with van der Waals surface area (Å²) in [6.45, 7) is 11.8. The molecule has 2 bridgehead atoms. The van der Waals surface area contributed by atoms with Crippen molar-refractivity contribution in [3.8, 4) is 0 Å². The lowest BCUT2D eigenvalue weighted by Crippen LogP contribution is -2.81. The summed E-state index contributed by atoms with van der Waals surface area (Å²) in [5.41, 5.74) is -3.44. The van der Waals surface area contributed by atoms with Crippen LogP contribution in [0, 0.1) is 22.7 Å². The minimum Gasteiger partial charge on any atom is -0.465 e. The molecule has 6 N–H and O–H groups in total. The molecule has 1 saturated heterocycles. The Hall–Kier alpha value is -5.48. The fourth-order valence-electron chi connectivity index (χ4n) is 10.5. The first-order valence-electron chi connectivity index (χ1n) is 23.0. The normalized spacial score (nSPS) is 31.5. The van der Waals surface area contributed by atoms with Gasteiger partial charge < -0.3 is 64.3 Å². The van der Waals surface area contributed by atoms with Gasteiger partial charge in [0.25, 0.3) is 0 Å². The first-order valence-corrected chi connectivity index (χ1v) is 23.0. The summed E-state index contributed by atoms with van der Waals surface area (Å²) in [7, 11) is 0. The van der Waals surface area contributed by atoms with Crippen molar-refractivity contribution in [2.45, 2.75) is 160 Å². The minimum atomic E-state index is -2.47. The number of Topliss-reactive ketones (excluding diaryl/α,β-unsaturated/α-hetero) is 1. The maximum atomic E-state index is 15.1. The third kappa shape index (κ3) is 10.2. The van der Waals surface area contributed by atoms with Gasteiger partial charge in [-0.1, -0.05) is 32.0 Å². The maximum absolute atomic E-state index is 15.1. The fraction of sp³-hybridized carbons (Fsp3) is 0.667. The Labute approximate surface area is 399 Å². The quantitative estimate of drug-likeness (QED) is 0.0948. The molecule has 5 aliphatic rings. The van der Waals surface area contributed by atoms with Crippen molar-refractivity contribution in [3.63, 3.8) is 0 Å². The highest BCUT2D eigenvalue weighted by Crippen LogP contribution is 2.64. The van der Waals surface area contributed by atoms with Crippen molar-refractivity contribution >= 4 is 47.7 Å². The van der Waals surface area contributed by atoms with Gasteiger partial charge in [-0.05, 0) is 83.6 Å². The number of amides is 1. The van der Waals surface area contributed by atoms with E-state index >= 15 is 4.79 Å². The molecule has 69 heavy (non-hydrogen) atoms.